The van der Waals surface area contributed by atoms with E-state index in [9.17, 15) is 4.79 Å². The van der Waals surface area contributed by atoms with Gasteiger partial charge < -0.3 is 0 Å². The molecule has 0 N–H and O–H groups in total. The van der Waals surface area contributed by atoms with Crippen molar-refractivity contribution >= 4 is 5.78 Å². The summed E-state index contributed by atoms with van der Waals surface area (Å²) < 4.78 is 0. The Balaban J connectivity index is 2.27. The zero-order valence-corrected chi connectivity index (χ0v) is 6.97. The van der Waals surface area contributed by atoms with E-state index in [2.05, 4.69) is 6.58 Å². The monoisotopic (exact) mass is 150 g/mol. The van der Waals surface area contributed by atoms with Crippen molar-refractivity contribution < 1.29 is 4.79 Å². The lowest BCUT2D eigenvalue weighted by Gasteiger charge is -2.46. The third kappa shape index (κ3) is 0.640. The van der Waals surface area contributed by atoms with Crippen molar-refractivity contribution in [2.45, 2.75) is 26.2 Å². The van der Waals surface area contributed by atoms with Crippen molar-refractivity contribution in [3.05, 3.63) is 12.7 Å². The topological polar surface area (TPSA) is 17.1 Å². The highest BCUT2D eigenvalue weighted by Crippen LogP contribution is 2.56. The van der Waals surface area contributed by atoms with E-state index >= 15 is 0 Å². The van der Waals surface area contributed by atoms with E-state index in [0.29, 0.717) is 17.6 Å². The van der Waals surface area contributed by atoms with Crippen LogP contribution < -0.4 is 0 Å². The summed E-state index contributed by atoms with van der Waals surface area (Å²) in [6.45, 7) is 5.78. The fourth-order valence-electron chi connectivity index (χ4n) is 2.73. The molecule has 0 aliphatic heterocycles. The quantitative estimate of drug-likeness (QED) is 0.523. The largest absolute Gasteiger partial charge is 0.298 e. The summed E-state index contributed by atoms with van der Waals surface area (Å²) in [5.74, 6) is 1.47. The number of fused-ring (bicyclic) bond motifs is 1. The molecule has 2 saturated carbocycles. The van der Waals surface area contributed by atoms with Crippen LogP contribution in [-0.4, -0.2) is 5.78 Å². The maximum Gasteiger partial charge on any atom is 0.146 e. The van der Waals surface area contributed by atoms with E-state index in [-0.39, 0.29) is 5.41 Å². The Kier molecular flexibility index (Phi) is 1.26. The zero-order chi connectivity index (χ0) is 8.06. The van der Waals surface area contributed by atoms with Gasteiger partial charge in [-0.05, 0) is 25.7 Å². The molecule has 0 aromatic rings. The number of carbonyl (C=O) groups excluding carboxylic acids is 1. The normalized spacial score (nSPS) is 48.3. The number of ketones is 1. The predicted octanol–water partition coefficient (Wildman–Crippen LogP) is 2.18. The highest BCUT2D eigenvalue weighted by Gasteiger charge is 2.58. The van der Waals surface area contributed by atoms with Crippen LogP contribution in [0.3, 0.4) is 0 Å². The van der Waals surface area contributed by atoms with Gasteiger partial charge in [-0.2, -0.15) is 0 Å². The van der Waals surface area contributed by atoms with E-state index in [1.807, 2.05) is 13.0 Å². The second kappa shape index (κ2) is 1.96. The average Bonchev–Trinajstić information content (AvgIpc) is 2.48. The second-order valence-corrected chi connectivity index (χ2v) is 3.99. The van der Waals surface area contributed by atoms with E-state index < -0.39 is 0 Å². The van der Waals surface area contributed by atoms with Crippen LogP contribution in [0.2, 0.25) is 0 Å². The van der Waals surface area contributed by atoms with Gasteiger partial charge in [-0.1, -0.05) is 12.5 Å². The Morgan fingerprint density at radius 2 is 2.36 bits per heavy atom. The minimum absolute atomic E-state index is 0.152. The Bertz CT molecular complexity index is 219. The number of Topliss-reactive ketones (excluding diaryl/α,β-unsaturated/α-hetero) is 1. The SMILES string of the molecule is C=CC1(C)C(=O)C2CCCC21. The standard InChI is InChI=1S/C10H14O/c1-3-10(2)8-6-4-5-7(8)9(10)11/h3,7-8H,1,4-6H2,2H3. The van der Waals surface area contributed by atoms with Crippen molar-refractivity contribution in [1.82, 2.24) is 0 Å². The molecule has 0 saturated heterocycles. The van der Waals surface area contributed by atoms with Gasteiger partial charge in [0.05, 0.1) is 0 Å². The molecule has 2 fully saturated rings. The molecule has 0 amide bonds. The van der Waals surface area contributed by atoms with Crippen molar-refractivity contribution in [2.75, 3.05) is 0 Å². The van der Waals surface area contributed by atoms with Crippen LogP contribution in [0, 0.1) is 17.3 Å². The van der Waals surface area contributed by atoms with E-state index in [1.165, 1.54) is 12.8 Å². The minimum Gasteiger partial charge on any atom is -0.298 e. The smallest absolute Gasteiger partial charge is 0.146 e. The summed E-state index contributed by atoms with van der Waals surface area (Å²) in [7, 11) is 0. The van der Waals surface area contributed by atoms with Crippen LogP contribution in [0.25, 0.3) is 0 Å². The molecule has 0 aromatic heterocycles. The first-order valence-corrected chi connectivity index (χ1v) is 4.38. The van der Waals surface area contributed by atoms with Gasteiger partial charge in [0.2, 0.25) is 0 Å². The Morgan fingerprint density at radius 3 is 3.00 bits per heavy atom. The number of carbonyl (C=O) groups is 1. The second-order valence-electron chi connectivity index (χ2n) is 3.99. The molecule has 1 nitrogen and oxygen atoms in total. The van der Waals surface area contributed by atoms with Crippen LogP contribution in [0.5, 0.6) is 0 Å². The molecular formula is C10H14O. The van der Waals surface area contributed by atoms with Gasteiger partial charge in [0.15, 0.2) is 0 Å². The maximum atomic E-state index is 11.5. The highest BCUT2D eigenvalue weighted by molar-refractivity contribution is 5.95. The molecule has 11 heavy (non-hydrogen) atoms. The van der Waals surface area contributed by atoms with Gasteiger partial charge in [0, 0.05) is 11.3 Å². The first kappa shape index (κ1) is 7.08. The van der Waals surface area contributed by atoms with E-state index in [0.717, 1.165) is 6.42 Å². The fraction of sp³-hybridized carbons (Fsp3) is 0.700. The average molecular weight is 150 g/mol. The molecule has 3 unspecified atom stereocenters. The highest BCUT2D eigenvalue weighted by atomic mass is 16.1. The predicted molar refractivity (Wildman–Crippen MR) is 44.1 cm³/mol. The Hall–Kier alpha value is -0.590. The molecule has 3 atom stereocenters. The number of rotatable bonds is 1. The summed E-state index contributed by atoms with van der Waals surface area (Å²) in [5, 5.41) is 0. The molecule has 0 radical (unpaired) electrons. The van der Waals surface area contributed by atoms with Gasteiger partial charge in [0.1, 0.15) is 5.78 Å². The van der Waals surface area contributed by atoms with Crippen molar-refractivity contribution in [2.24, 2.45) is 17.3 Å². The van der Waals surface area contributed by atoms with E-state index in [4.69, 9.17) is 0 Å². The summed E-state index contributed by atoms with van der Waals surface area (Å²) in [5.41, 5.74) is -0.152. The van der Waals surface area contributed by atoms with Crippen LogP contribution in [0.1, 0.15) is 26.2 Å². The fourth-order valence-corrected chi connectivity index (χ4v) is 2.73. The lowest BCUT2D eigenvalue weighted by Crippen LogP contribution is -2.52. The Labute approximate surface area is 67.5 Å². The number of hydrogen-bond donors (Lipinski definition) is 0. The van der Waals surface area contributed by atoms with Crippen LogP contribution in [0.15, 0.2) is 12.7 Å². The number of allylic oxidation sites excluding steroid dienone is 1. The molecule has 0 spiro atoms. The van der Waals surface area contributed by atoms with Crippen LogP contribution in [0.4, 0.5) is 0 Å². The zero-order valence-electron chi connectivity index (χ0n) is 6.97. The summed E-state index contributed by atoms with van der Waals surface area (Å²) in [4.78, 5) is 11.5. The van der Waals surface area contributed by atoms with Crippen molar-refractivity contribution in [1.29, 1.82) is 0 Å². The molecule has 2 aliphatic rings. The van der Waals surface area contributed by atoms with Gasteiger partial charge in [-0.15, -0.1) is 6.58 Å². The molecule has 2 rings (SSSR count). The maximum absolute atomic E-state index is 11.5. The lowest BCUT2D eigenvalue weighted by atomic mass is 9.55. The van der Waals surface area contributed by atoms with Gasteiger partial charge >= 0.3 is 0 Å². The van der Waals surface area contributed by atoms with Gasteiger partial charge in [0.25, 0.3) is 0 Å². The lowest BCUT2D eigenvalue weighted by molar-refractivity contribution is -0.147. The first-order chi connectivity index (χ1) is 5.20. The van der Waals surface area contributed by atoms with Crippen LogP contribution >= 0.6 is 0 Å². The third-order valence-electron chi connectivity index (χ3n) is 3.58. The minimum atomic E-state index is -0.152. The van der Waals surface area contributed by atoms with E-state index in [1.54, 1.807) is 0 Å². The van der Waals surface area contributed by atoms with Crippen LogP contribution in [-0.2, 0) is 4.79 Å². The molecule has 0 aromatic carbocycles. The Morgan fingerprint density at radius 1 is 1.64 bits per heavy atom. The van der Waals surface area contributed by atoms with Crippen molar-refractivity contribution in [3.8, 4) is 0 Å². The summed E-state index contributed by atoms with van der Waals surface area (Å²) >= 11 is 0. The van der Waals surface area contributed by atoms with Gasteiger partial charge in [-0.3, -0.25) is 4.79 Å². The molecule has 0 heterocycles. The van der Waals surface area contributed by atoms with Gasteiger partial charge in [-0.25, -0.2) is 0 Å². The molecule has 1 heteroatoms. The molecule has 2 aliphatic carbocycles. The molecular weight excluding hydrogens is 136 g/mol. The van der Waals surface area contributed by atoms with Crippen molar-refractivity contribution in [3.63, 3.8) is 0 Å². The summed E-state index contributed by atoms with van der Waals surface area (Å²) in [6, 6.07) is 0. The third-order valence-corrected chi connectivity index (χ3v) is 3.58. The number of hydrogen-bond acceptors (Lipinski definition) is 1. The molecule has 60 valence electrons. The molecule has 0 bridgehead atoms. The first-order valence-electron chi connectivity index (χ1n) is 4.38. The summed E-state index contributed by atoms with van der Waals surface area (Å²) in [6.07, 6.45) is 5.46.